The minimum absolute atomic E-state index is 0.147. The second-order valence-corrected chi connectivity index (χ2v) is 7.59. The molecule has 0 aliphatic carbocycles. The Hall–Kier alpha value is -2.62. The summed E-state index contributed by atoms with van der Waals surface area (Å²) in [7, 11) is 0. The average molecular weight is 391 g/mol. The molecule has 3 aromatic carbocycles. The van der Waals surface area contributed by atoms with Gasteiger partial charge in [-0.2, -0.15) is 0 Å². The first kappa shape index (κ1) is 18.7. The molecule has 1 heterocycles. The minimum atomic E-state index is -0.296. The number of benzene rings is 3. The number of hydrogen-bond acceptors (Lipinski definition) is 2. The van der Waals surface area contributed by atoms with Crippen LogP contribution in [0.4, 0.5) is 0 Å². The van der Waals surface area contributed by atoms with Crippen LogP contribution in [0.5, 0.6) is 0 Å². The Balaban J connectivity index is 1.60. The first-order chi connectivity index (χ1) is 13.7. The lowest BCUT2D eigenvalue weighted by molar-refractivity contribution is -0.143. The summed E-state index contributed by atoms with van der Waals surface area (Å²) >= 11 is 6.08. The highest BCUT2D eigenvalue weighted by molar-refractivity contribution is 6.30. The van der Waals surface area contributed by atoms with Crippen LogP contribution in [0.1, 0.15) is 22.7 Å². The molecule has 1 aliphatic heterocycles. The van der Waals surface area contributed by atoms with Crippen LogP contribution in [0, 0.1) is 0 Å². The molecule has 28 heavy (non-hydrogen) atoms. The fourth-order valence-corrected chi connectivity index (χ4v) is 3.89. The first-order valence-corrected chi connectivity index (χ1v) is 9.94. The summed E-state index contributed by atoms with van der Waals surface area (Å²) in [4.78, 5) is 17.7. The van der Waals surface area contributed by atoms with Crippen LogP contribution in [0.25, 0.3) is 0 Å². The molecule has 4 rings (SSSR count). The van der Waals surface area contributed by atoms with Gasteiger partial charge in [0, 0.05) is 31.2 Å². The van der Waals surface area contributed by atoms with Crippen molar-refractivity contribution in [2.24, 2.45) is 0 Å². The summed E-state index contributed by atoms with van der Waals surface area (Å²) in [6, 6.07) is 27.9. The molecule has 1 fully saturated rings. The molecule has 142 valence electrons. The van der Waals surface area contributed by atoms with E-state index in [2.05, 4.69) is 29.2 Å². The molecule has 0 spiro atoms. The SMILES string of the molecule is O=C1C(c2ccc(Cl)cc2)N(Cc2ccccc2)CCN1Cc1ccccc1. The maximum absolute atomic E-state index is 13.5. The van der Waals surface area contributed by atoms with Crippen LogP contribution in [-0.2, 0) is 17.9 Å². The monoisotopic (exact) mass is 390 g/mol. The number of carbonyl (C=O) groups is 1. The van der Waals surface area contributed by atoms with Crippen LogP contribution >= 0.6 is 11.6 Å². The third kappa shape index (κ3) is 4.27. The van der Waals surface area contributed by atoms with Crippen molar-refractivity contribution in [1.29, 1.82) is 0 Å². The van der Waals surface area contributed by atoms with Crippen LogP contribution in [0.15, 0.2) is 84.9 Å². The van der Waals surface area contributed by atoms with Gasteiger partial charge in [0.15, 0.2) is 0 Å². The number of carbonyl (C=O) groups excluding carboxylic acids is 1. The predicted octanol–water partition coefficient (Wildman–Crippen LogP) is 4.93. The van der Waals surface area contributed by atoms with E-state index in [1.54, 1.807) is 0 Å². The zero-order valence-electron chi connectivity index (χ0n) is 15.7. The van der Waals surface area contributed by atoms with E-state index in [-0.39, 0.29) is 11.9 Å². The van der Waals surface area contributed by atoms with Crippen molar-refractivity contribution in [1.82, 2.24) is 9.80 Å². The lowest BCUT2D eigenvalue weighted by Gasteiger charge is -2.41. The van der Waals surface area contributed by atoms with Gasteiger partial charge in [0.25, 0.3) is 0 Å². The molecule has 0 aromatic heterocycles. The summed E-state index contributed by atoms with van der Waals surface area (Å²) in [6.07, 6.45) is 0. The average Bonchev–Trinajstić information content (AvgIpc) is 2.73. The van der Waals surface area contributed by atoms with Crippen molar-refractivity contribution < 1.29 is 4.79 Å². The molecular formula is C24H23ClN2O. The zero-order chi connectivity index (χ0) is 19.3. The van der Waals surface area contributed by atoms with Crippen molar-refractivity contribution in [2.75, 3.05) is 13.1 Å². The Morgan fingerprint density at radius 3 is 1.93 bits per heavy atom. The predicted molar refractivity (Wildman–Crippen MR) is 113 cm³/mol. The van der Waals surface area contributed by atoms with Gasteiger partial charge in [-0.15, -0.1) is 0 Å². The number of rotatable bonds is 5. The second kappa shape index (κ2) is 8.59. The van der Waals surface area contributed by atoms with Gasteiger partial charge in [0.2, 0.25) is 5.91 Å². The van der Waals surface area contributed by atoms with E-state index in [4.69, 9.17) is 11.6 Å². The maximum atomic E-state index is 13.5. The van der Waals surface area contributed by atoms with Gasteiger partial charge >= 0.3 is 0 Å². The summed E-state index contributed by atoms with van der Waals surface area (Å²) in [6.45, 7) is 2.95. The highest BCUT2D eigenvalue weighted by atomic mass is 35.5. The lowest BCUT2D eigenvalue weighted by Crippen LogP contribution is -2.51. The Kier molecular flexibility index (Phi) is 5.75. The van der Waals surface area contributed by atoms with E-state index in [0.29, 0.717) is 11.6 Å². The Morgan fingerprint density at radius 1 is 0.750 bits per heavy atom. The van der Waals surface area contributed by atoms with Crippen LogP contribution in [0.2, 0.25) is 5.02 Å². The molecule has 1 atom stereocenters. The number of amides is 1. The van der Waals surface area contributed by atoms with Crippen LogP contribution < -0.4 is 0 Å². The van der Waals surface area contributed by atoms with Crippen LogP contribution in [0.3, 0.4) is 0 Å². The quantitative estimate of drug-likeness (QED) is 0.617. The van der Waals surface area contributed by atoms with E-state index < -0.39 is 0 Å². The van der Waals surface area contributed by atoms with E-state index in [9.17, 15) is 4.79 Å². The number of piperazine rings is 1. The molecule has 1 amide bonds. The van der Waals surface area contributed by atoms with Gasteiger partial charge in [-0.1, -0.05) is 84.4 Å². The topological polar surface area (TPSA) is 23.6 Å². The standard InChI is InChI=1S/C24H23ClN2O/c25-22-13-11-21(12-14-22)23-24(28)27(18-20-9-5-2-6-10-20)16-15-26(23)17-19-7-3-1-4-8-19/h1-14,23H,15-18H2. The van der Waals surface area contributed by atoms with E-state index in [1.807, 2.05) is 65.6 Å². The second-order valence-electron chi connectivity index (χ2n) is 7.16. The molecule has 0 saturated carbocycles. The van der Waals surface area contributed by atoms with Crippen molar-refractivity contribution in [2.45, 2.75) is 19.1 Å². The summed E-state index contributed by atoms with van der Waals surface area (Å²) in [5, 5.41) is 0.683. The largest absolute Gasteiger partial charge is 0.335 e. The summed E-state index contributed by atoms with van der Waals surface area (Å²) in [5.41, 5.74) is 3.36. The molecule has 3 nitrogen and oxygen atoms in total. The Labute approximate surface area is 171 Å². The summed E-state index contributed by atoms with van der Waals surface area (Å²) in [5.74, 6) is 0.147. The highest BCUT2D eigenvalue weighted by Gasteiger charge is 2.35. The molecule has 1 unspecified atom stereocenters. The van der Waals surface area contributed by atoms with Crippen molar-refractivity contribution in [3.05, 3.63) is 107 Å². The number of nitrogens with zero attached hydrogens (tertiary/aromatic N) is 2. The molecule has 0 N–H and O–H groups in total. The van der Waals surface area contributed by atoms with Gasteiger partial charge in [0.05, 0.1) is 0 Å². The van der Waals surface area contributed by atoms with Gasteiger partial charge < -0.3 is 4.90 Å². The van der Waals surface area contributed by atoms with Crippen LogP contribution in [-0.4, -0.2) is 28.8 Å². The molecular weight excluding hydrogens is 368 g/mol. The molecule has 0 radical (unpaired) electrons. The first-order valence-electron chi connectivity index (χ1n) is 9.57. The fourth-order valence-electron chi connectivity index (χ4n) is 3.77. The van der Waals surface area contributed by atoms with E-state index in [1.165, 1.54) is 5.56 Å². The van der Waals surface area contributed by atoms with Gasteiger partial charge in [0.1, 0.15) is 6.04 Å². The van der Waals surface area contributed by atoms with Gasteiger partial charge in [-0.05, 0) is 28.8 Å². The van der Waals surface area contributed by atoms with E-state index >= 15 is 0 Å². The minimum Gasteiger partial charge on any atom is -0.335 e. The Bertz CT molecular complexity index is 912. The molecule has 3 aromatic rings. The van der Waals surface area contributed by atoms with Gasteiger partial charge in [-0.25, -0.2) is 0 Å². The molecule has 0 bridgehead atoms. The van der Waals surface area contributed by atoms with Crippen molar-refractivity contribution >= 4 is 17.5 Å². The molecule has 1 aliphatic rings. The lowest BCUT2D eigenvalue weighted by atomic mass is 10.00. The molecule has 1 saturated heterocycles. The molecule has 4 heteroatoms. The van der Waals surface area contributed by atoms with Crippen molar-refractivity contribution in [3.8, 4) is 0 Å². The third-order valence-corrected chi connectivity index (χ3v) is 5.45. The highest BCUT2D eigenvalue weighted by Crippen LogP contribution is 2.30. The number of hydrogen-bond donors (Lipinski definition) is 0. The van der Waals surface area contributed by atoms with Gasteiger partial charge in [-0.3, -0.25) is 9.69 Å². The maximum Gasteiger partial charge on any atom is 0.244 e. The summed E-state index contributed by atoms with van der Waals surface area (Å²) < 4.78 is 0. The van der Waals surface area contributed by atoms with E-state index in [0.717, 1.165) is 30.8 Å². The third-order valence-electron chi connectivity index (χ3n) is 5.20. The normalized spacial score (nSPS) is 17.7. The number of halogens is 1. The smallest absolute Gasteiger partial charge is 0.244 e. The van der Waals surface area contributed by atoms with Crippen molar-refractivity contribution in [3.63, 3.8) is 0 Å². The Morgan fingerprint density at radius 2 is 1.32 bits per heavy atom. The fraction of sp³-hybridized carbons (Fsp3) is 0.208. The zero-order valence-corrected chi connectivity index (χ0v) is 16.4.